The Hall–Kier alpha value is -1.72. The maximum atomic E-state index is 9.08. The first-order valence-corrected chi connectivity index (χ1v) is 3.80. The van der Waals surface area contributed by atoms with Crippen LogP contribution < -0.4 is 0 Å². The fourth-order valence-corrected chi connectivity index (χ4v) is 0.919. The average molecular weight is 198 g/mol. The van der Waals surface area contributed by atoms with Gasteiger partial charge in [-0.05, 0) is 23.8 Å². The van der Waals surface area contributed by atoms with Crippen LogP contribution in [0.3, 0.4) is 0 Å². The van der Waals surface area contributed by atoms with Crippen molar-refractivity contribution >= 4 is 6.08 Å². The summed E-state index contributed by atoms with van der Waals surface area (Å²) in [4.78, 5) is 0. The molecule has 5 N–H and O–H groups in total. The van der Waals surface area contributed by atoms with Crippen LogP contribution >= 0.6 is 0 Å². The normalized spacial score (nSPS) is 11.4. The fraction of sp³-hybridized carbons (Fsp3) is 0.111. The van der Waals surface area contributed by atoms with Crippen LogP contribution in [0.5, 0.6) is 17.2 Å². The maximum absolute atomic E-state index is 9.08. The van der Waals surface area contributed by atoms with Gasteiger partial charge in [0.15, 0.2) is 23.5 Å². The Morgan fingerprint density at radius 2 is 1.50 bits per heavy atom. The number of phenolic OH excluding ortho intramolecular Hbond substituents is 3. The van der Waals surface area contributed by atoms with Crippen molar-refractivity contribution in [1.82, 2.24) is 0 Å². The zero-order chi connectivity index (χ0) is 10.7. The number of benzene rings is 1. The highest BCUT2D eigenvalue weighted by molar-refractivity contribution is 5.60. The van der Waals surface area contributed by atoms with Crippen LogP contribution in [-0.2, 0) is 0 Å². The molecule has 1 aromatic rings. The Bertz CT molecular complexity index is 333. The quantitative estimate of drug-likeness (QED) is 0.343. The first kappa shape index (κ1) is 10.4. The number of rotatable bonds is 2. The molecule has 0 radical (unpaired) electrons. The van der Waals surface area contributed by atoms with E-state index in [0.717, 1.165) is 6.08 Å². The van der Waals surface area contributed by atoms with Crippen LogP contribution in [-0.4, -0.2) is 31.8 Å². The molecule has 0 aliphatic heterocycles. The summed E-state index contributed by atoms with van der Waals surface area (Å²) in [5.41, 5.74) is 0.339. The van der Waals surface area contributed by atoms with E-state index in [0.29, 0.717) is 5.56 Å². The van der Waals surface area contributed by atoms with Crippen molar-refractivity contribution in [3.8, 4) is 17.2 Å². The minimum absolute atomic E-state index is 0.339. The van der Waals surface area contributed by atoms with E-state index < -0.39 is 23.5 Å². The molecule has 0 fully saturated rings. The summed E-state index contributed by atoms with van der Waals surface area (Å²) in [6.07, 6.45) is 0.725. The molecular weight excluding hydrogens is 188 g/mol. The Kier molecular flexibility index (Phi) is 2.95. The number of hydrogen-bond acceptors (Lipinski definition) is 5. The van der Waals surface area contributed by atoms with Crippen LogP contribution in [0.4, 0.5) is 0 Å². The molecule has 0 bridgehead atoms. The molecule has 0 saturated heterocycles. The molecule has 1 aromatic carbocycles. The van der Waals surface area contributed by atoms with Gasteiger partial charge in [0.05, 0.1) is 0 Å². The Labute approximate surface area is 79.8 Å². The third-order valence-electron chi connectivity index (χ3n) is 1.55. The van der Waals surface area contributed by atoms with Crippen LogP contribution in [0, 0.1) is 0 Å². The van der Waals surface area contributed by atoms with Gasteiger partial charge >= 0.3 is 0 Å². The highest BCUT2D eigenvalue weighted by atomic mass is 16.5. The van der Waals surface area contributed by atoms with E-state index in [9.17, 15) is 0 Å². The Morgan fingerprint density at radius 1 is 1.00 bits per heavy atom. The van der Waals surface area contributed by atoms with Crippen LogP contribution in [0.25, 0.3) is 6.08 Å². The predicted molar refractivity (Wildman–Crippen MR) is 48.7 cm³/mol. The molecule has 0 unspecified atom stereocenters. The number of phenols is 3. The lowest BCUT2D eigenvalue weighted by atomic mass is 10.1. The van der Waals surface area contributed by atoms with E-state index in [1.165, 1.54) is 18.2 Å². The van der Waals surface area contributed by atoms with E-state index in [4.69, 9.17) is 25.5 Å². The highest BCUT2D eigenvalue weighted by Crippen LogP contribution is 2.35. The van der Waals surface area contributed by atoms with Crippen molar-refractivity contribution in [3.05, 3.63) is 23.8 Å². The van der Waals surface area contributed by atoms with E-state index in [2.05, 4.69) is 0 Å². The molecule has 0 aliphatic rings. The molecule has 0 saturated carbocycles. The first-order chi connectivity index (χ1) is 6.50. The molecule has 0 aromatic heterocycles. The maximum Gasteiger partial charge on any atom is 0.200 e. The molecule has 14 heavy (non-hydrogen) atoms. The summed E-state index contributed by atoms with van der Waals surface area (Å²) in [5, 5.41) is 44.1. The van der Waals surface area contributed by atoms with Gasteiger partial charge in [-0.15, -0.1) is 0 Å². The van der Waals surface area contributed by atoms with Gasteiger partial charge in [0.2, 0.25) is 0 Å². The van der Waals surface area contributed by atoms with E-state index >= 15 is 0 Å². The number of aromatic hydroxyl groups is 3. The van der Waals surface area contributed by atoms with E-state index in [1.54, 1.807) is 0 Å². The third kappa shape index (κ3) is 2.38. The van der Waals surface area contributed by atoms with Gasteiger partial charge in [0, 0.05) is 0 Å². The molecular formula is C9H10O5. The number of hydrogen-bond donors (Lipinski definition) is 5. The molecule has 0 amide bonds. The highest BCUT2D eigenvalue weighted by Gasteiger charge is 2.06. The summed E-state index contributed by atoms with van der Waals surface area (Å²) in [5.74, 6) is -1.55. The van der Waals surface area contributed by atoms with Gasteiger partial charge in [0.1, 0.15) is 0 Å². The first-order valence-electron chi connectivity index (χ1n) is 3.80. The molecule has 1 rings (SSSR count). The van der Waals surface area contributed by atoms with Gasteiger partial charge in [-0.1, -0.05) is 6.08 Å². The molecule has 0 aliphatic carbocycles. The van der Waals surface area contributed by atoms with Gasteiger partial charge in [-0.2, -0.15) is 0 Å². The largest absolute Gasteiger partial charge is 0.504 e. The summed E-state index contributed by atoms with van der Waals surface area (Å²) in [6.45, 7) is 0. The van der Waals surface area contributed by atoms with Crippen molar-refractivity contribution in [3.63, 3.8) is 0 Å². The van der Waals surface area contributed by atoms with Crippen molar-refractivity contribution in [2.24, 2.45) is 0 Å². The predicted octanol–water partition coefficient (Wildman–Crippen LogP) is 0.127. The van der Waals surface area contributed by atoms with Gasteiger partial charge < -0.3 is 25.5 Å². The topological polar surface area (TPSA) is 101 Å². The number of aliphatic hydroxyl groups is 2. The van der Waals surface area contributed by atoms with Crippen LogP contribution in [0.2, 0.25) is 0 Å². The number of aliphatic hydroxyl groups excluding tert-OH is 1. The lowest BCUT2D eigenvalue weighted by Gasteiger charge is -2.02. The zero-order valence-corrected chi connectivity index (χ0v) is 7.12. The molecule has 76 valence electrons. The second-order valence-corrected chi connectivity index (χ2v) is 2.68. The van der Waals surface area contributed by atoms with Gasteiger partial charge in [0.25, 0.3) is 0 Å². The van der Waals surface area contributed by atoms with Crippen molar-refractivity contribution in [1.29, 1.82) is 0 Å². The van der Waals surface area contributed by atoms with Crippen molar-refractivity contribution < 1.29 is 25.5 Å². The molecule has 5 nitrogen and oxygen atoms in total. The van der Waals surface area contributed by atoms with E-state index in [-0.39, 0.29) is 0 Å². The summed E-state index contributed by atoms with van der Waals surface area (Å²) in [6, 6.07) is 2.35. The van der Waals surface area contributed by atoms with Gasteiger partial charge in [-0.3, -0.25) is 0 Å². The van der Waals surface area contributed by atoms with Crippen molar-refractivity contribution in [2.45, 2.75) is 6.29 Å². The standard InChI is InChI=1S/C9H10O5/c10-6-3-5(1-2-8(12)13)4-7(11)9(6)14/h1-4,8,10-14H. The summed E-state index contributed by atoms with van der Waals surface area (Å²) < 4.78 is 0. The summed E-state index contributed by atoms with van der Waals surface area (Å²) in [7, 11) is 0. The smallest absolute Gasteiger partial charge is 0.200 e. The lowest BCUT2D eigenvalue weighted by molar-refractivity contribution is 0.00303. The molecule has 0 spiro atoms. The SMILES string of the molecule is Oc1cc(C=CC(O)O)cc(O)c1O. The van der Waals surface area contributed by atoms with E-state index in [1.807, 2.05) is 0 Å². The monoisotopic (exact) mass is 198 g/mol. The van der Waals surface area contributed by atoms with Gasteiger partial charge in [-0.25, -0.2) is 0 Å². The molecule has 0 heterocycles. The van der Waals surface area contributed by atoms with Crippen LogP contribution in [0.1, 0.15) is 5.56 Å². The second kappa shape index (κ2) is 3.99. The summed E-state index contributed by atoms with van der Waals surface area (Å²) >= 11 is 0. The van der Waals surface area contributed by atoms with Crippen LogP contribution in [0.15, 0.2) is 18.2 Å². The minimum Gasteiger partial charge on any atom is -0.504 e. The molecule has 5 heteroatoms. The Balaban J connectivity index is 3.01. The average Bonchev–Trinajstić information content (AvgIpc) is 2.10. The second-order valence-electron chi connectivity index (χ2n) is 2.68. The fourth-order valence-electron chi connectivity index (χ4n) is 0.919. The lowest BCUT2D eigenvalue weighted by Crippen LogP contribution is -1.96. The van der Waals surface area contributed by atoms with Crippen molar-refractivity contribution in [2.75, 3.05) is 0 Å². The third-order valence-corrected chi connectivity index (χ3v) is 1.55. The minimum atomic E-state index is -1.60. The zero-order valence-electron chi connectivity index (χ0n) is 7.12. The molecule has 0 atom stereocenters. The Morgan fingerprint density at radius 3 is 1.93 bits per heavy atom.